The van der Waals surface area contributed by atoms with E-state index in [1.165, 1.54) is 11.0 Å². The molecule has 0 saturated heterocycles. The van der Waals surface area contributed by atoms with Crippen LogP contribution in [0.5, 0.6) is 0 Å². The van der Waals surface area contributed by atoms with Crippen molar-refractivity contribution in [2.75, 3.05) is 13.6 Å². The van der Waals surface area contributed by atoms with E-state index in [1.54, 1.807) is 13.1 Å². The van der Waals surface area contributed by atoms with Crippen LogP contribution in [0.25, 0.3) is 0 Å². The number of pyridine rings is 1. The molecule has 0 spiro atoms. The SMILES string of the molecule is CCc1cc(C(=O)N(C)CC)cc([N+](=O)[O-])n1. The van der Waals surface area contributed by atoms with Crippen molar-refractivity contribution in [3.63, 3.8) is 0 Å². The number of nitrogens with zero attached hydrogens (tertiary/aromatic N) is 3. The lowest BCUT2D eigenvalue weighted by molar-refractivity contribution is -0.389. The summed E-state index contributed by atoms with van der Waals surface area (Å²) in [5.41, 5.74) is 0.861. The Kier molecular flexibility index (Phi) is 4.14. The van der Waals surface area contributed by atoms with Gasteiger partial charge in [-0.05, 0) is 22.9 Å². The molecular weight excluding hydrogens is 222 g/mol. The van der Waals surface area contributed by atoms with Gasteiger partial charge in [0.2, 0.25) is 0 Å². The zero-order chi connectivity index (χ0) is 13.0. The molecule has 0 aliphatic heterocycles. The molecule has 17 heavy (non-hydrogen) atoms. The Balaban J connectivity index is 3.19. The molecule has 1 aromatic rings. The number of rotatable bonds is 4. The van der Waals surface area contributed by atoms with Crippen LogP contribution in [0.1, 0.15) is 29.9 Å². The van der Waals surface area contributed by atoms with Crippen LogP contribution in [0.3, 0.4) is 0 Å². The smallest absolute Gasteiger partial charge is 0.358 e. The maximum atomic E-state index is 11.9. The number of hydrogen-bond acceptors (Lipinski definition) is 4. The monoisotopic (exact) mass is 237 g/mol. The molecule has 0 N–H and O–H groups in total. The fourth-order valence-corrected chi connectivity index (χ4v) is 1.33. The van der Waals surface area contributed by atoms with Crippen molar-refractivity contribution in [2.45, 2.75) is 20.3 Å². The van der Waals surface area contributed by atoms with Gasteiger partial charge in [0.15, 0.2) is 5.69 Å². The Morgan fingerprint density at radius 1 is 1.47 bits per heavy atom. The lowest BCUT2D eigenvalue weighted by Gasteiger charge is -2.14. The predicted molar refractivity (Wildman–Crippen MR) is 62.9 cm³/mol. The molecule has 0 aliphatic rings. The minimum atomic E-state index is -0.581. The van der Waals surface area contributed by atoms with E-state index in [0.717, 1.165) is 0 Å². The standard InChI is InChI=1S/C11H15N3O3/c1-4-9-6-8(11(15)13(3)5-2)7-10(12-9)14(16)17/h6-7H,4-5H2,1-3H3. The number of carbonyl (C=O) groups excluding carboxylic acids is 1. The minimum absolute atomic E-state index is 0.229. The van der Waals surface area contributed by atoms with Crippen LogP contribution in [-0.2, 0) is 6.42 Å². The highest BCUT2D eigenvalue weighted by atomic mass is 16.6. The van der Waals surface area contributed by atoms with E-state index in [-0.39, 0.29) is 11.7 Å². The highest BCUT2D eigenvalue weighted by molar-refractivity contribution is 5.94. The second kappa shape index (κ2) is 5.38. The van der Waals surface area contributed by atoms with Gasteiger partial charge in [0.25, 0.3) is 5.91 Å². The van der Waals surface area contributed by atoms with Crippen molar-refractivity contribution in [3.8, 4) is 0 Å². The van der Waals surface area contributed by atoms with E-state index in [1.807, 2.05) is 13.8 Å². The summed E-state index contributed by atoms with van der Waals surface area (Å²) in [6.07, 6.45) is 0.553. The summed E-state index contributed by atoms with van der Waals surface area (Å²) in [6.45, 7) is 4.23. The van der Waals surface area contributed by atoms with Crippen LogP contribution < -0.4 is 0 Å². The molecular formula is C11H15N3O3. The maximum Gasteiger partial charge on any atom is 0.364 e. The minimum Gasteiger partial charge on any atom is -0.358 e. The summed E-state index contributed by atoms with van der Waals surface area (Å²) in [5, 5.41) is 10.7. The van der Waals surface area contributed by atoms with Crippen LogP contribution in [-0.4, -0.2) is 34.3 Å². The Hall–Kier alpha value is -1.98. The normalized spacial score (nSPS) is 10.1. The number of aromatic nitrogens is 1. The number of carbonyl (C=O) groups is 1. The van der Waals surface area contributed by atoms with E-state index >= 15 is 0 Å². The average Bonchev–Trinajstić information content (AvgIpc) is 2.36. The molecule has 0 unspecified atom stereocenters. The molecule has 0 aromatic carbocycles. The molecule has 92 valence electrons. The molecule has 1 heterocycles. The van der Waals surface area contributed by atoms with Crippen LogP contribution in [0, 0.1) is 10.1 Å². The molecule has 1 aromatic heterocycles. The van der Waals surface area contributed by atoms with Gasteiger partial charge in [0.05, 0.1) is 5.56 Å². The first-order valence-electron chi connectivity index (χ1n) is 5.40. The Morgan fingerprint density at radius 2 is 2.12 bits per heavy atom. The Morgan fingerprint density at radius 3 is 2.59 bits per heavy atom. The summed E-state index contributed by atoms with van der Waals surface area (Å²) in [5.74, 6) is -0.509. The highest BCUT2D eigenvalue weighted by Gasteiger charge is 2.18. The third-order valence-corrected chi connectivity index (χ3v) is 2.48. The van der Waals surface area contributed by atoms with Crippen LogP contribution in [0.2, 0.25) is 0 Å². The topological polar surface area (TPSA) is 76.3 Å². The van der Waals surface area contributed by atoms with E-state index in [9.17, 15) is 14.9 Å². The summed E-state index contributed by atoms with van der Waals surface area (Å²) in [7, 11) is 1.65. The van der Waals surface area contributed by atoms with Crippen molar-refractivity contribution in [1.82, 2.24) is 9.88 Å². The van der Waals surface area contributed by atoms with Gasteiger partial charge in [-0.15, -0.1) is 0 Å². The van der Waals surface area contributed by atoms with Crippen LogP contribution in [0.15, 0.2) is 12.1 Å². The van der Waals surface area contributed by atoms with Gasteiger partial charge in [-0.25, -0.2) is 0 Å². The molecule has 0 fully saturated rings. The number of amides is 1. The number of aryl methyl sites for hydroxylation is 1. The van der Waals surface area contributed by atoms with E-state index < -0.39 is 4.92 Å². The largest absolute Gasteiger partial charge is 0.364 e. The predicted octanol–water partition coefficient (Wildman–Crippen LogP) is 1.64. The van der Waals surface area contributed by atoms with Gasteiger partial charge in [-0.2, -0.15) is 0 Å². The number of hydrogen-bond donors (Lipinski definition) is 0. The molecule has 0 saturated carbocycles. The van der Waals surface area contributed by atoms with Gasteiger partial charge in [0.1, 0.15) is 0 Å². The zero-order valence-electron chi connectivity index (χ0n) is 10.1. The first kappa shape index (κ1) is 13.1. The molecule has 1 amide bonds. The first-order valence-corrected chi connectivity index (χ1v) is 5.40. The molecule has 6 nitrogen and oxygen atoms in total. The quantitative estimate of drug-likeness (QED) is 0.589. The summed E-state index contributed by atoms with van der Waals surface area (Å²) >= 11 is 0. The lowest BCUT2D eigenvalue weighted by Crippen LogP contribution is -2.26. The molecule has 0 bridgehead atoms. The van der Waals surface area contributed by atoms with Gasteiger partial charge in [-0.3, -0.25) is 4.79 Å². The van der Waals surface area contributed by atoms with E-state index in [2.05, 4.69) is 4.98 Å². The third-order valence-electron chi connectivity index (χ3n) is 2.48. The van der Waals surface area contributed by atoms with Crippen molar-refractivity contribution in [3.05, 3.63) is 33.5 Å². The Labute approximate surface area is 99.4 Å². The summed E-state index contributed by atoms with van der Waals surface area (Å²) in [6, 6.07) is 2.81. The van der Waals surface area contributed by atoms with Crippen molar-refractivity contribution < 1.29 is 9.72 Å². The second-order valence-corrected chi connectivity index (χ2v) is 3.64. The molecule has 0 atom stereocenters. The maximum absolute atomic E-state index is 11.9. The van der Waals surface area contributed by atoms with E-state index in [0.29, 0.717) is 24.2 Å². The third kappa shape index (κ3) is 2.99. The Bertz CT molecular complexity index is 446. The average molecular weight is 237 g/mol. The summed E-state index contributed by atoms with van der Waals surface area (Å²) < 4.78 is 0. The zero-order valence-corrected chi connectivity index (χ0v) is 10.1. The lowest BCUT2D eigenvalue weighted by atomic mass is 10.1. The van der Waals surface area contributed by atoms with Gasteiger partial charge < -0.3 is 15.0 Å². The fraction of sp³-hybridized carbons (Fsp3) is 0.455. The van der Waals surface area contributed by atoms with Crippen molar-refractivity contribution in [1.29, 1.82) is 0 Å². The first-order chi connectivity index (χ1) is 7.99. The number of nitro groups is 1. The molecule has 0 radical (unpaired) electrons. The molecule has 6 heteroatoms. The van der Waals surface area contributed by atoms with Crippen molar-refractivity contribution in [2.24, 2.45) is 0 Å². The van der Waals surface area contributed by atoms with Gasteiger partial charge in [0, 0.05) is 26.1 Å². The molecule has 0 aliphatic carbocycles. The van der Waals surface area contributed by atoms with Crippen molar-refractivity contribution >= 4 is 11.7 Å². The fourth-order valence-electron chi connectivity index (χ4n) is 1.33. The van der Waals surface area contributed by atoms with E-state index in [4.69, 9.17) is 0 Å². The van der Waals surface area contributed by atoms with Crippen LogP contribution >= 0.6 is 0 Å². The second-order valence-electron chi connectivity index (χ2n) is 3.64. The van der Waals surface area contributed by atoms with Gasteiger partial charge >= 0.3 is 5.82 Å². The van der Waals surface area contributed by atoms with Gasteiger partial charge in [-0.1, -0.05) is 6.92 Å². The summed E-state index contributed by atoms with van der Waals surface area (Å²) in [4.78, 5) is 27.4. The molecule has 1 rings (SSSR count). The van der Waals surface area contributed by atoms with Crippen LogP contribution in [0.4, 0.5) is 5.82 Å². The highest BCUT2D eigenvalue weighted by Crippen LogP contribution is 2.14.